The molecule has 1 aromatic heterocycles. The third-order valence-corrected chi connectivity index (χ3v) is 3.59. The van der Waals surface area contributed by atoms with Crippen LogP contribution in [0.25, 0.3) is 6.08 Å². The molecule has 0 N–H and O–H groups in total. The van der Waals surface area contributed by atoms with Crippen LogP contribution in [0.2, 0.25) is 0 Å². The zero-order valence-electron chi connectivity index (χ0n) is 11.6. The van der Waals surface area contributed by atoms with Crippen molar-refractivity contribution in [1.82, 2.24) is 0 Å². The van der Waals surface area contributed by atoms with Crippen LogP contribution in [0, 0.1) is 5.92 Å². The second kappa shape index (κ2) is 4.87. The molecule has 5 heteroatoms. The van der Waals surface area contributed by atoms with Crippen molar-refractivity contribution in [3.8, 4) is 11.5 Å². The molecule has 110 valence electrons. The molecule has 0 saturated heterocycles. The van der Waals surface area contributed by atoms with E-state index in [1.165, 1.54) is 12.3 Å². The predicted molar refractivity (Wildman–Crippen MR) is 76.4 cm³/mol. The molecule has 0 spiro atoms. The van der Waals surface area contributed by atoms with Gasteiger partial charge in [0, 0.05) is 12.1 Å². The number of rotatable bonds is 3. The fourth-order valence-corrected chi connectivity index (χ4v) is 2.25. The zero-order chi connectivity index (χ0) is 15.1. The first-order chi connectivity index (χ1) is 10.7. The lowest BCUT2D eigenvalue weighted by Crippen LogP contribution is -2.09. The first kappa shape index (κ1) is 12.9. The van der Waals surface area contributed by atoms with Crippen molar-refractivity contribution in [2.75, 3.05) is 0 Å². The minimum atomic E-state index is -0.226. The van der Waals surface area contributed by atoms with Gasteiger partial charge in [-0.3, -0.25) is 9.59 Å². The molecule has 0 unspecified atom stereocenters. The van der Waals surface area contributed by atoms with Crippen LogP contribution in [0.1, 0.15) is 29.0 Å². The number of benzene rings is 1. The van der Waals surface area contributed by atoms with Gasteiger partial charge in [-0.1, -0.05) is 0 Å². The van der Waals surface area contributed by atoms with Crippen LogP contribution < -0.4 is 9.47 Å². The molecule has 0 radical (unpaired) electrons. The Labute approximate surface area is 126 Å². The molecule has 1 saturated carbocycles. The first-order valence-electron chi connectivity index (χ1n) is 7.04. The number of Topliss-reactive ketones (excluding diaryl/α,β-unsaturated/α-hetero) is 1. The summed E-state index contributed by atoms with van der Waals surface area (Å²) in [5.74, 6) is 1.09. The molecule has 0 bridgehead atoms. The normalized spacial score (nSPS) is 18.2. The van der Waals surface area contributed by atoms with Crippen molar-refractivity contribution in [3.63, 3.8) is 0 Å². The van der Waals surface area contributed by atoms with Crippen molar-refractivity contribution < 1.29 is 23.5 Å². The third kappa shape index (κ3) is 2.30. The maximum Gasteiger partial charge on any atom is 0.314 e. The van der Waals surface area contributed by atoms with Gasteiger partial charge >= 0.3 is 5.97 Å². The maximum atomic E-state index is 12.2. The van der Waals surface area contributed by atoms with Crippen LogP contribution in [0.5, 0.6) is 11.5 Å². The number of fused-ring (bicyclic) bond motifs is 1. The van der Waals surface area contributed by atoms with Crippen molar-refractivity contribution in [2.45, 2.75) is 12.8 Å². The second-order valence-corrected chi connectivity index (χ2v) is 5.31. The van der Waals surface area contributed by atoms with E-state index in [0.717, 1.165) is 12.8 Å². The summed E-state index contributed by atoms with van der Waals surface area (Å²) in [7, 11) is 0. The van der Waals surface area contributed by atoms with E-state index in [1.54, 1.807) is 30.3 Å². The van der Waals surface area contributed by atoms with Gasteiger partial charge in [0.2, 0.25) is 5.78 Å². The smallest absolute Gasteiger partial charge is 0.314 e. The van der Waals surface area contributed by atoms with Gasteiger partial charge < -0.3 is 13.9 Å². The molecule has 2 heterocycles. The van der Waals surface area contributed by atoms with Gasteiger partial charge in [-0.2, -0.15) is 0 Å². The average molecular weight is 296 g/mol. The third-order valence-electron chi connectivity index (χ3n) is 3.59. The van der Waals surface area contributed by atoms with Gasteiger partial charge in [0.1, 0.15) is 17.3 Å². The van der Waals surface area contributed by atoms with Crippen LogP contribution in [0.15, 0.2) is 46.8 Å². The molecule has 1 fully saturated rings. The molecule has 4 rings (SSSR count). The van der Waals surface area contributed by atoms with Crippen molar-refractivity contribution in [2.24, 2.45) is 5.92 Å². The highest BCUT2D eigenvalue weighted by Gasteiger charge is 2.32. The molecule has 1 aliphatic heterocycles. The number of hydrogen-bond donors (Lipinski definition) is 0. The highest BCUT2D eigenvalue weighted by Crippen LogP contribution is 2.36. The van der Waals surface area contributed by atoms with Gasteiger partial charge in [0.25, 0.3) is 0 Å². The summed E-state index contributed by atoms with van der Waals surface area (Å²) in [6.07, 6.45) is 4.83. The lowest BCUT2D eigenvalue weighted by atomic mass is 10.1. The first-order valence-corrected chi connectivity index (χ1v) is 7.04. The number of furan rings is 1. The van der Waals surface area contributed by atoms with E-state index in [1.807, 2.05) is 0 Å². The van der Waals surface area contributed by atoms with Crippen molar-refractivity contribution in [1.29, 1.82) is 0 Å². The quantitative estimate of drug-likeness (QED) is 0.494. The van der Waals surface area contributed by atoms with E-state index in [9.17, 15) is 9.59 Å². The molecule has 2 aliphatic rings. The lowest BCUT2D eigenvalue weighted by Gasteiger charge is -2.04. The second-order valence-electron chi connectivity index (χ2n) is 5.31. The number of carbonyl (C=O) groups is 2. The van der Waals surface area contributed by atoms with E-state index < -0.39 is 0 Å². The summed E-state index contributed by atoms with van der Waals surface area (Å²) in [5.41, 5.74) is 0.448. The Balaban J connectivity index is 1.58. The Morgan fingerprint density at radius 3 is 2.86 bits per heavy atom. The molecule has 2 aromatic rings. The van der Waals surface area contributed by atoms with Gasteiger partial charge in [-0.05, 0) is 37.1 Å². The van der Waals surface area contributed by atoms with Crippen molar-refractivity contribution >= 4 is 17.8 Å². The number of ketones is 1. The molecule has 1 aromatic carbocycles. The molecular weight excluding hydrogens is 284 g/mol. The molecule has 1 aliphatic carbocycles. The predicted octanol–water partition coefficient (Wildman–Crippen LogP) is 3.21. The summed E-state index contributed by atoms with van der Waals surface area (Å²) in [5, 5.41) is 0. The Bertz CT molecular complexity index is 781. The van der Waals surface area contributed by atoms with Crippen LogP contribution >= 0.6 is 0 Å². The minimum absolute atomic E-state index is 0.0187. The van der Waals surface area contributed by atoms with Gasteiger partial charge in [-0.25, -0.2) is 0 Å². The number of allylic oxidation sites excluding steroid dienone is 1. The van der Waals surface area contributed by atoms with E-state index in [-0.39, 0.29) is 23.4 Å². The van der Waals surface area contributed by atoms with Crippen LogP contribution in [-0.2, 0) is 4.79 Å². The van der Waals surface area contributed by atoms with E-state index in [4.69, 9.17) is 13.9 Å². The lowest BCUT2D eigenvalue weighted by molar-refractivity contribution is -0.135. The maximum absolute atomic E-state index is 12.2. The van der Waals surface area contributed by atoms with E-state index in [0.29, 0.717) is 22.8 Å². The summed E-state index contributed by atoms with van der Waals surface area (Å²) < 4.78 is 16.0. The number of hydrogen-bond acceptors (Lipinski definition) is 5. The Hall–Kier alpha value is -2.82. The Kier molecular flexibility index (Phi) is 2.85. The monoisotopic (exact) mass is 296 g/mol. The Morgan fingerprint density at radius 1 is 1.27 bits per heavy atom. The summed E-state index contributed by atoms with van der Waals surface area (Å²) in [6.45, 7) is 0. The molecule has 0 amide bonds. The SMILES string of the molecule is O=C1/C(=C/c2ccco2)Oc2cc(OC(=O)C3CC3)ccc21. The van der Waals surface area contributed by atoms with Crippen LogP contribution in [-0.4, -0.2) is 11.8 Å². The largest absolute Gasteiger partial charge is 0.465 e. The van der Waals surface area contributed by atoms with Crippen molar-refractivity contribution in [3.05, 3.63) is 53.7 Å². The molecule has 0 atom stereocenters. The zero-order valence-corrected chi connectivity index (χ0v) is 11.6. The van der Waals surface area contributed by atoms with Gasteiger partial charge in [0.05, 0.1) is 17.7 Å². The highest BCUT2D eigenvalue weighted by atomic mass is 16.5. The average Bonchev–Trinajstić information content (AvgIpc) is 3.16. The van der Waals surface area contributed by atoms with E-state index >= 15 is 0 Å². The fraction of sp³-hybridized carbons (Fsp3) is 0.176. The summed E-state index contributed by atoms with van der Waals surface area (Å²) >= 11 is 0. The highest BCUT2D eigenvalue weighted by molar-refractivity contribution is 6.14. The topological polar surface area (TPSA) is 65.7 Å². The van der Waals surface area contributed by atoms with Crippen LogP contribution in [0.3, 0.4) is 0 Å². The standard InChI is InChI=1S/C17H12O5/c18-16-13-6-5-12(21-17(19)10-3-4-10)9-14(13)22-15(16)8-11-2-1-7-20-11/h1-2,5-10H,3-4H2/b15-8-. The number of esters is 1. The van der Waals surface area contributed by atoms with Gasteiger partial charge in [0.15, 0.2) is 5.76 Å². The molecule has 5 nitrogen and oxygen atoms in total. The van der Waals surface area contributed by atoms with Gasteiger partial charge in [-0.15, -0.1) is 0 Å². The molecular formula is C17H12O5. The number of carbonyl (C=O) groups excluding carboxylic acids is 2. The summed E-state index contributed by atoms with van der Waals surface area (Å²) in [6, 6.07) is 8.24. The van der Waals surface area contributed by atoms with Crippen LogP contribution in [0.4, 0.5) is 0 Å². The fourth-order valence-electron chi connectivity index (χ4n) is 2.25. The number of ether oxygens (including phenoxy) is 2. The molecule has 22 heavy (non-hydrogen) atoms. The minimum Gasteiger partial charge on any atom is -0.465 e. The Morgan fingerprint density at radius 2 is 2.14 bits per heavy atom. The van der Waals surface area contributed by atoms with E-state index in [2.05, 4.69) is 0 Å². The summed E-state index contributed by atoms with van der Waals surface area (Å²) in [4.78, 5) is 23.9.